The minimum atomic E-state index is -0.271. The fraction of sp³-hybridized carbons (Fsp3) is 0.150. The molecule has 0 amide bonds. The van der Waals surface area contributed by atoms with Gasteiger partial charge in [-0.2, -0.15) is 5.10 Å². The van der Waals surface area contributed by atoms with E-state index in [-0.39, 0.29) is 12.3 Å². The summed E-state index contributed by atoms with van der Waals surface area (Å²) in [6, 6.07) is 19.8. The van der Waals surface area contributed by atoms with Crippen LogP contribution in [0, 0.1) is 0 Å². The van der Waals surface area contributed by atoms with Gasteiger partial charge in [-0.05, 0) is 30.3 Å². The first kappa shape index (κ1) is 14.6. The molecule has 0 saturated heterocycles. The third-order valence-electron chi connectivity index (χ3n) is 4.64. The molecule has 3 aromatic rings. The van der Waals surface area contributed by atoms with Crippen molar-refractivity contribution in [3.05, 3.63) is 88.8 Å². The van der Waals surface area contributed by atoms with Gasteiger partial charge in [0.25, 0.3) is 0 Å². The number of halogens is 1. The highest BCUT2D eigenvalue weighted by Gasteiger charge is 2.41. The maximum absolute atomic E-state index is 6.28. The van der Waals surface area contributed by atoms with E-state index < -0.39 is 0 Å². The molecule has 0 aliphatic carbocycles. The first-order valence-electron chi connectivity index (χ1n) is 8.20. The molecule has 2 atom stereocenters. The predicted octanol–water partition coefficient (Wildman–Crippen LogP) is 5.18. The molecule has 124 valence electrons. The zero-order valence-electron chi connectivity index (χ0n) is 13.3. The highest BCUT2D eigenvalue weighted by atomic mass is 35.5. The molecule has 0 saturated carbocycles. The minimum Gasteiger partial charge on any atom is -0.464 e. The number of benzene rings is 2. The zero-order chi connectivity index (χ0) is 16.8. The molecule has 3 heterocycles. The van der Waals surface area contributed by atoms with Gasteiger partial charge in [-0.25, -0.2) is 5.01 Å². The summed E-state index contributed by atoms with van der Waals surface area (Å²) in [6.07, 6.45) is 2.16. The van der Waals surface area contributed by atoms with Gasteiger partial charge in [-0.15, -0.1) is 0 Å². The Labute approximate surface area is 150 Å². The summed E-state index contributed by atoms with van der Waals surface area (Å²) in [5.41, 5.74) is 3.05. The summed E-state index contributed by atoms with van der Waals surface area (Å²) in [7, 11) is 0. The largest absolute Gasteiger partial charge is 0.464 e. The van der Waals surface area contributed by atoms with Crippen molar-refractivity contribution in [1.82, 2.24) is 5.01 Å². The molecule has 25 heavy (non-hydrogen) atoms. The molecule has 0 spiro atoms. The van der Waals surface area contributed by atoms with E-state index in [1.807, 2.05) is 53.5 Å². The van der Waals surface area contributed by atoms with E-state index in [4.69, 9.17) is 25.9 Å². The molecule has 5 heteroatoms. The van der Waals surface area contributed by atoms with Gasteiger partial charge in [0.05, 0.1) is 12.3 Å². The van der Waals surface area contributed by atoms with Crippen LogP contribution in [0.5, 0.6) is 5.75 Å². The van der Waals surface area contributed by atoms with Crippen LogP contribution in [0.3, 0.4) is 0 Å². The van der Waals surface area contributed by atoms with Crippen molar-refractivity contribution in [2.75, 3.05) is 0 Å². The van der Waals surface area contributed by atoms with E-state index in [0.717, 1.165) is 34.8 Å². The minimum absolute atomic E-state index is 0.0766. The van der Waals surface area contributed by atoms with Gasteiger partial charge in [0.1, 0.15) is 17.2 Å². The van der Waals surface area contributed by atoms with Crippen LogP contribution in [0.1, 0.15) is 35.6 Å². The van der Waals surface area contributed by atoms with Gasteiger partial charge in [0.2, 0.25) is 6.23 Å². The molecular weight excluding hydrogens is 336 g/mol. The third-order valence-corrected chi connectivity index (χ3v) is 4.88. The first-order valence-corrected chi connectivity index (χ1v) is 8.58. The number of nitrogens with zero attached hydrogens (tertiary/aromatic N) is 2. The average molecular weight is 351 g/mol. The third kappa shape index (κ3) is 2.41. The number of ether oxygens (including phenoxy) is 1. The van der Waals surface area contributed by atoms with Crippen molar-refractivity contribution in [1.29, 1.82) is 0 Å². The quantitative estimate of drug-likeness (QED) is 0.639. The second kappa shape index (κ2) is 5.67. The summed E-state index contributed by atoms with van der Waals surface area (Å²) in [4.78, 5) is 0. The van der Waals surface area contributed by atoms with Crippen LogP contribution in [-0.2, 0) is 0 Å². The smallest absolute Gasteiger partial charge is 0.213 e. The van der Waals surface area contributed by atoms with Gasteiger partial charge >= 0.3 is 0 Å². The van der Waals surface area contributed by atoms with Crippen LogP contribution in [0.15, 0.2) is 76.4 Å². The summed E-state index contributed by atoms with van der Waals surface area (Å²) in [5.74, 6) is 1.65. The highest BCUT2D eigenvalue weighted by Crippen LogP contribution is 2.48. The summed E-state index contributed by atoms with van der Waals surface area (Å²) >= 11 is 6.23. The van der Waals surface area contributed by atoms with Gasteiger partial charge in [0.15, 0.2) is 0 Å². The molecule has 5 rings (SSSR count). The fourth-order valence-corrected chi connectivity index (χ4v) is 3.67. The summed E-state index contributed by atoms with van der Waals surface area (Å²) < 4.78 is 11.8. The van der Waals surface area contributed by atoms with Crippen molar-refractivity contribution >= 4 is 17.3 Å². The van der Waals surface area contributed by atoms with Crippen molar-refractivity contribution in [3.63, 3.8) is 0 Å². The monoisotopic (exact) mass is 350 g/mol. The van der Waals surface area contributed by atoms with Crippen LogP contribution in [0.4, 0.5) is 0 Å². The molecule has 0 fully saturated rings. The lowest BCUT2D eigenvalue weighted by molar-refractivity contribution is -0.0190. The Balaban J connectivity index is 1.62. The Kier molecular flexibility index (Phi) is 3.31. The molecule has 4 nitrogen and oxygen atoms in total. The summed E-state index contributed by atoms with van der Waals surface area (Å²) in [6.45, 7) is 0. The van der Waals surface area contributed by atoms with Crippen LogP contribution >= 0.6 is 11.6 Å². The number of hydrazone groups is 1. The Morgan fingerprint density at radius 2 is 1.92 bits per heavy atom. The molecule has 0 N–H and O–H groups in total. The van der Waals surface area contributed by atoms with Crippen molar-refractivity contribution in [3.8, 4) is 5.75 Å². The van der Waals surface area contributed by atoms with Crippen molar-refractivity contribution in [2.45, 2.75) is 18.7 Å². The lowest BCUT2D eigenvalue weighted by atomic mass is 9.97. The van der Waals surface area contributed by atoms with E-state index in [9.17, 15) is 0 Å². The Morgan fingerprint density at radius 3 is 2.72 bits per heavy atom. The average Bonchev–Trinajstić information content (AvgIpc) is 3.31. The first-order chi connectivity index (χ1) is 12.3. The highest BCUT2D eigenvalue weighted by molar-refractivity contribution is 6.30. The van der Waals surface area contributed by atoms with E-state index in [1.54, 1.807) is 6.26 Å². The fourth-order valence-electron chi connectivity index (χ4n) is 3.49. The van der Waals surface area contributed by atoms with E-state index >= 15 is 0 Å². The molecule has 0 radical (unpaired) electrons. The number of hydrogen-bond donors (Lipinski definition) is 0. The summed E-state index contributed by atoms with van der Waals surface area (Å²) in [5, 5.41) is 7.55. The van der Waals surface area contributed by atoms with Gasteiger partial charge < -0.3 is 9.15 Å². The number of fused-ring (bicyclic) bond motifs is 3. The van der Waals surface area contributed by atoms with Crippen LogP contribution < -0.4 is 4.74 Å². The Bertz CT molecular complexity index is 938. The van der Waals surface area contributed by atoms with Crippen molar-refractivity contribution < 1.29 is 9.15 Å². The molecule has 2 aliphatic rings. The molecule has 0 bridgehead atoms. The molecule has 1 aromatic heterocycles. The van der Waals surface area contributed by atoms with Crippen LogP contribution in [0.25, 0.3) is 0 Å². The van der Waals surface area contributed by atoms with Gasteiger partial charge in [-0.1, -0.05) is 41.9 Å². The lowest BCUT2D eigenvalue weighted by Gasteiger charge is -2.38. The normalized spacial score (nSPS) is 21.3. The molecule has 2 aromatic carbocycles. The second-order valence-corrected chi connectivity index (χ2v) is 6.62. The van der Waals surface area contributed by atoms with Gasteiger partial charge in [-0.3, -0.25) is 0 Å². The van der Waals surface area contributed by atoms with Crippen LogP contribution in [0.2, 0.25) is 5.02 Å². The number of hydrogen-bond acceptors (Lipinski definition) is 4. The Morgan fingerprint density at radius 1 is 1.04 bits per heavy atom. The maximum Gasteiger partial charge on any atom is 0.213 e. The number of furan rings is 1. The SMILES string of the molecule is Clc1ccc2c(c1)[C@H]1CC(c3ccco3)=NN1[C@@H](c1ccccc1)O2. The van der Waals surface area contributed by atoms with Gasteiger partial charge in [0, 0.05) is 22.6 Å². The van der Waals surface area contributed by atoms with Crippen molar-refractivity contribution in [2.24, 2.45) is 5.10 Å². The topological polar surface area (TPSA) is 38.0 Å². The zero-order valence-corrected chi connectivity index (χ0v) is 14.1. The van der Waals surface area contributed by atoms with E-state index in [1.165, 1.54) is 0 Å². The maximum atomic E-state index is 6.28. The standard InChI is InChI=1S/C20H15ClN2O2/c21-14-8-9-18-15(11-14)17-12-16(19-7-4-10-24-19)22-23(17)20(25-18)13-5-2-1-3-6-13/h1-11,17,20H,12H2/t17-,20-/m1/s1. The lowest BCUT2D eigenvalue weighted by Crippen LogP contribution is -2.33. The molecular formula is C20H15ClN2O2. The number of rotatable bonds is 2. The van der Waals surface area contributed by atoms with E-state index in [0.29, 0.717) is 5.02 Å². The Hall–Kier alpha value is -2.72. The molecule has 2 aliphatic heterocycles. The van der Waals surface area contributed by atoms with E-state index in [2.05, 4.69) is 12.1 Å². The second-order valence-electron chi connectivity index (χ2n) is 6.19. The molecule has 0 unspecified atom stereocenters. The van der Waals surface area contributed by atoms with Crippen LogP contribution in [-0.4, -0.2) is 10.7 Å². The predicted molar refractivity (Wildman–Crippen MR) is 95.7 cm³/mol.